The first-order valence-electron chi connectivity index (χ1n) is 15.8. The first-order valence-corrected chi connectivity index (χ1v) is 19.0. The van der Waals surface area contributed by atoms with E-state index in [0.717, 1.165) is 53.8 Å². The third-order valence-electron chi connectivity index (χ3n) is 9.54. The topological polar surface area (TPSA) is 163 Å². The highest BCUT2D eigenvalue weighted by atomic mass is 32.2. The van der Waals surface area contributed by atoms with Crippen LogP contribution in [0.2, 0.25) is 0 Å². The maximum Gasteiger partial charge on any atom is 0.469 e. The molecule has 1 spiro atoms. The minimum Gasteiger partial charge on any atom is -0.371 e. The monoisotopic (exact) mass is 703 g/mol. The van der Waals surface area contributed by atoms with E-state index >= 15 is 0 Å². The second-order valence-electron chi connectivity index (χ2n) is 12.9. The molecule has 3 aliphatic rings. The molecule has 7 rings (SSSR count). The average Bonchev–Trinajstić information content (AvgIpc) is 3.60. The number of pyridine rings is 1. The van der Waals surface area contributed by atoms with Gasteiger partial charge in [0.25, 0.3) is 5.92 Å². The number of halogens is 2. The van der Waals surface area contributed by atoms with E-state index in [1.807, 2.05) is 29.2 Å². The fourth-order valence-corrected chi connectivity index (χ4v) is 7.93. The minimum absolute atomic E-state index is 0.206. The Kier molecular flexibility index (Phi) is 8.43. The van der Waals surface area contributed by atoms with Gasteiger partial charge in [0.2, 0.25) is 10.0 Å². The number of benzene rings is 2. The van der Waals surface area contributed by atoms with Crippen molar-refractivity contribution in [1.29, 1.82) is 0 Å². The number of hydrogen-bond donors (Lipinski definition) is 3. The van der Waals surface area contributed by atoms with Gasteiger partial charge >= 0.3 is 7.82 Å². The number of nitrogens with one attached hydrogen (secondary N) is 1. The van der Waals surface area contributed by atoms with Gasteiger partial charge < -0.3 is 19.6 Å². The molecule has 4 heterocycles. The van der Waals surface area contributed by atoms with Gasteiger partial charge in [-0.15, -0.1) is 5.10 Å². The molecule has 0 atom stereocenters. The van der Waals surface area contributed by atoms with Crippen LogP contribution in [0.15, 0.2) is 54.9 Å². The molecular formula is C31H36F2N7O6PS. The molecule has 2 aliphatic heterocycles. The smallest absolute Gasteiger partial charge is 0.371 e. The van der Waals surface area contributed by atoms with E-state index in [-0.39, 0.29) is 25.9 Å². The van der Waals surface area contributed by atoms with Crippen molar-refractivity contribution < 1.29 is 36.1 Å². The van der Waals surface area contributed by atoms with Crippen LogP contribution in [-0.2, 0) is 19.1 Å². The number of phosphoric acid groups is 1. The summed E-state index contributed by atoms with van der Waals surface area (Å²) in [5.41, 5.74) is 4.96. The van der Waals surface area contributed by atoms with Crippen molar-refractivity contribution in [3.63, 3.8) is 0 Å². The standard InChI is InChI=1S/C31H36F2N7O6PS/c32-31(33)9-14-39(15-10-31)28-20-24(18-22-2-1-11-34-29(22)28)40-21-26(35-37-40)25-4-3-23(36-48(44,45)17-16-46-47(41,42)43)19-27(25)38-12-7-30(5-6-30)8-13-38/h1-4,11,18-21,36H,5-10,12-17H2,(H2,41,42,43). The van der Waals surface area contributed by atoms with Crippen LogP contribution in [-0.4, -0.2) is 82.6 Å². The molecule has 2 aromatic heterocycles. The molecule has 256 valence electrons. The Hall–Kier alpha value is -3.69. The molecule has 0 amide bonds. The number of anilines is 3. The van der Waals surface area contributed by atoms with Crippen molar-refractivity contribution in [2.75, 3.05) is 53.1 Å². The second kappa shape index (κ2) is 12.3. The second-order valence-corrected chi connectivity index (χ2v) is 16.0. The van der Waals surface area contributed by atoms with Crippen LogP contribution in [0.3, 0.4) is 0 Å². The zero-order valence-corrected chi connectivity index (χ0v) is 27.7. The third-order valence-corrected chi connectivity index (χ3v) is 11.3. The fourth-order valence-electron chi connectivity index (χ4n) is 6.59. The zero-order chi connectivity index (χ0) is 33.7. The first kappa shape index (κ1) is 32.8. The van der Waals surface area contributed by atoms with Crippen molar-refractivity contribution in [2.45, 2.75) is 44.4 Å². The highest BCUT2D eigenvalue weighted by Crippen LogP contribution is 2.54. The van der Waals surface area contributed by atoms with Gasteiger partial charge in [0.05, 0.1) is 41.1 Å². The molecule has 2 aromatic carbocycles. The molecule has 17 heteroatoms. The highest BCUT2D eigenvalue weighted by Gasteiger charge is 2.44. The summed E-state index contributed by atoms with van der Waals surface area (Å²) in [6, 6.07) is 12.7. The summed E-state index contributed by atoms with van der Waals surface area (Å²) >= 11 is 0. The van der Waals surface area contributed by atoms with Crippen molar-refractivity contribution in [1.82, 2.24) is 20.0 Å². The molecule has 0 unspecified atom stereocenters. The van der Waals surface area contributed by atoms with E-state index in [0.29, 0.717) is 22.5 Å². The van der Waals surface area contributed by atoms with Gasteiger partial charge in [0.1, 0.15) is 5.69 Å². The molecule has 0 bridgehead atoms. The lowest BCUT2D eigenvalue weighted by Gasteiger charge is -2.35. The molecule has 13 nitrogen and oxygen atoms in total. The molecule has 3 N–H and O–H groups in total. The third kappa shape index (κ3) is 7.32. The summed E-state index contributed by atoms with van der Waals surface area (Å²) in [6.07, 6.45) is 7.53. The van der Waals surface area contributed by atoms with Gasteiger partial charge in [-0.3, -0.25) is 14.2 Å². The zero-order valence-electron chi connectivity index (χ0n) is 26.0. The van der Waals surface area contributed by atoms with E-state index in [9.17, 15) is 21.8 Å². The lowest BCUT2D eigenvalue weighted by Crippen LogP contribution is -2.39. The van der Waals surface area contributed by atoms with Crippen LogP contribution in [0.1, 0.15) is 38.5 Å². The largest absolute Gasteiger partial charge is 0.469 e. The minimum atomic E-state index is -4.80. The molecule has 1 aliphatic carbocycles. The number of piperidine rings is 2. The Labute approximate surface area is 276 Å². The van der Waals surface area contributed by atoms with Crippen LogP contribution in [0.5, 0.6) is 0 Å². The Morgan fingerprint density at radius 3 is 2.35 bits per heavy atom. The Balaban J connectivity index is 1.20. The number of rotatable bonds is 10. The normalized spacial score (nSPS) is 19.2. The number of aromatic nitrogens is 4. The predicted molar refractivity (Wildman–Crippen MR) is 177 cm³/mol. The van der Waals surface area contributed by atoms with Crippen molar-refractivity contribution in [2.24, 2.45) is 5.41 Å². The average molecular weight is 704 g/mol. The van der Waals surface area contributed by atoms with Gasteiger partial charge in [-0.2, -0.15) is 0 Å². The summed E-state index contributed by atoms with van der Waals surface area (Å²) in [6.45, 7) is 1.33. The van der Waals surface area contributed by atoms with Crippen LogP contribution in [0, 0.1) is 5.41 Å². The van der Waals surface area contributed by atoms with E-state index in [4.69, 9.17) is 9.79 Å². The summed E-state index contributed by atoms with van der Waals surface area (Å²) < 4.78 is 72.9. The molecular weight excluding hydrogens is 667 g/mol. The number of nitrogens with zero attached hydrogens (tertiary/aromatic N) is 6. The molecule has 2 saturated heterocycles. The van der Waals surface area contributed by atoms with Crippen LogP contribution in [0.25, 0.3) is 27.8 Å². The highest BCUT2D eigenvalue weighted by molar-refractivity contribution is 7.92. The number of alkyl halides is 2. The van der Waals surface area contributed by atoms with Crippen LogP contribution >= 0.6 is 7.82 Å². The van der Waals surface area contributed by atoms with Gasteiger partial charge in [-0.1, -0.05) is 11.3 Å². The summed E-state index contributed by atoms with van der Waals surface area (Å²) in [5, 5.41) is 9.77. The van der Waals surface area contributed by atoms with Crippen LogP contribution in [0.4, 0.5) is 25.8 Å². The Bertz CT molecular complexity index is 1980. The SMILES string of the molecule is O=P(O)(O)OCCS(=O)(=O)Nc1ccc(-c2cn(-c3cc(N4CCC(F)(F)CC4)c4ncccc4c3)nn2)c(N2CCC3(CC2)CC3)c1. The van der Waals surface area contributed by atoms with E-state index in [1.54, 1.807) is 35.3 Å². The quantitative estimate of drug-likeness (QED) is 0.192. The van der Waals surface area contributed by atoms with Crippen LogP contribution < -0.4 is 14.5 Å². The van der Waals surface area contributed by atoms with Crippen molar-refractivity contribution in [3.8, 4) is 16.9 Å². The van der Waals surface area contributed by atoms with Gasteiger partial charge in [-0.25, -0.2) is 26.4 Å². The number of hydrogen-bond acceptors (Lipinski definition) is 9. The van der Waals surface area contributed by atoms with E-state index in [1.165, 1.54) is 12.8 Å². The summed E-state index contributed by atoms with van der Waals surface area (Å²) in [7, 11) is -8.78. The van der Waals surface area contributed by atoms with Gasteiger partial charge in [0.15, 0.2) is 0 Å². The number of fused-ring (bicyclic) bond motifs is 1. The lowest BCUT2D eigenvalue weighted by atomic mass is 9.93. The predicted octanol–water partition coefficient (Wildman–Crippen LogP) is 4.95. The van der Waals surface area contributed by atoms with Gasteiger partial charge in [0, 0.05) is 61.9 Å². The van der Waals surface area contributed by atoms with E-state index < -0.39 is 36.1 Å². The number of sulfonamides is 1. The first-order chi connectivity index (χ1) is 22.8. The molecule has 0 radical (unpaired) electrons. The van der Waals surface area contributed by atoms with E-state index in [2.05, 4.69) is 29.4 Å². The molecule has 48 heavy (non-hydrogen) atoms. The maximum absolute atomic E-state index is 14.0. The molecule has 4 aromatic rings. The molecule has 3 fully saturated rings. The number of phosphoric ester groups is 1. The summed E-state index contributed by atoms with van der Waals surface area (Å²) in [4.78, 5) is 26.5. The van der Waals surface area contributed by atoms with Crippen molar-refractivity contribution >= 4 is 45.8 Å². The molecule has 1 saturated carbocycles. The Morgan fingerprint density at radius 1 is 0.938 bits per heavy atom. The summed E-state index contributed by atoms with van der Waals surface area (Å²) in [5.74, 6) is -3.32. The van der Waals surface area contributed by atoms with Gasteiger partial charge in [-0.05, 0) is 67.5 Å². The maximum atomic E-state index is 14.0. The fraction of sp³-hybridized carbons (Fsp3) is 0.452. The Morgan fingerprint density at radius 2 is 1.65 bits per heavy atom. The lowest BCUT2D eigenvalue weighted by molar-refractivity contribution is -0.0220. The van der Waals surface area contributed by atoms with Crippen molar-refractivity contribution in [3.05, 3.63) is 54.9 Å².